The minimum atomic E-state index is -2.58. The molecule has 0 aliphatic carbocycles. The van der Waals surface area contributed by atoms with Gasteiger partial charge in [-0.05, 0) is 35.3 Å². The number of methoxy groups -OCH3 is 1. The summed E-state index contributed by atoms with van der Waals surface area (Å²) in [5.74, 6) is -5.30. The lowest BCUT2D eigenvalue weighted by atomic mass is 9.61. The number of anilines is 1. The Morgan fingerprint density at radius 2 is 1.53 bits per heavy atom. The van der Waals surface area contributed by atoms with E-state index >= 15 is 4.39 Å². The number of likely N-dealkylation sites (tertiary alicyclic amines) is 1. The van der Waals surface area contributed by atoms with E-state index in [0.717, 1.165) is 18.7 Å². The smallest absolute Gasteiger partial charge is 0.410 e. The summed E-state index contributed by atoms with van der Waals surface area (Å²) in [5, 5.41) is 24.3. The number of carbonyl (C=O) groups excluding carboxylic acids is 2. The molecule has 1 aliphatic heterocycles. The van der Waals surface area contributed by atoms with Crippen molar-refractivity contribution in [2.24, 2.45) is 5.41 Å². The van der Waals surface area contributed by atoms with E-state index in [9.17, 15) is 29.4 Å². The molecule has 1 amide bonds. The molecule has 0 saturated carbocycles. The summed E-state index contributed by atoms with van der Waals surface area (Å²) < 4.78 is 26.4. The number of ether oxygens (including phenoxy) is 2. The Hall–Kier alpha value is -4.15. The third-order valence-corrected chi connectivity index (χ3v) is 7.90. The monoisotopic (exact) mass is 600 g/mol. The van der Waals surface area contributed by atoms with Gasteiger partial charge in [-0.3, -0.25) is 9.59 Å². The number of piperidine rings is 1. The van der Waals surface area contributed by atoms with Gasteiger partial charge in [0.15, 0.2) is 5.41 Å². The lowest BCUT2D eigenvalue weighted by molar-refractivity contribution is -0.164. The number of amides is 1. The summed E-state index contributed by atoms with van der Waals surface area (Å²) in [6.45, 7) is 10.2. The average Bonchev–Trinajstić information content (AvgIpc) is 2.91. The van der Waals surface area contributed by atoms with Crippen LogP contribution in [-0.2, 0) is 36.5 Å². The number of carboxylic acid groups (broad SMARTS) is 2. The lowest BCUT2D eigenvalue weighted by Crippen LogP contribution is -2.54. The maximum atomic E-state index is 16.2. The summed E-state index contributed by atoms with van der Waals surface area (Å²) in [5.41, 5.74) is -4.98. The van der Waals surface area contributed by atoms with E-state index < -0.39 is 51.6 Å². The van der Waals surface area contributed by atoms with Crippen molar-refractivity contribution < 1.29 is 43.3 Å². The Bertz CT molecular complexity index is 1360. The molecule has 2 aromatic carbocycles. The fourth-order valence-corrected chi connectivity index (χ4v) is 5.66. The van der Waals surface area contributed by atoms with Crippen LogP contribution in [-0.4, -0.2) is 65.4 Å². The van der Waals surface area contributed by atoms with Crippen molar-refractivity contribution in [3.63, 3.8) is 0 Å². The zero-order chi connectivity index (χ0) is 32.3. The van der Waals surface area contributed by atoms with Gasteiger partial charge in [0.2, 0.25) is 0 Å². The molecule has 0 unspecified atom stereocenters. The maximum absolute atomic E-state index is 16.2. The Labute approximate surface area is 251 Å². The zero-order valence-corrected chi connectivity index (χ0v) is 25.7. The second-order valence-corrected chi connectivity index (χ2v) is 12.8. The molecule has 0 radical (unpaired) electrons. The molecule has 0 atom stereocenters. The van der Waals surface area contributed by atoms with Crippen LogP contribution in [0.4, 0.5) is 14.9 Å². The van der Waals surface area contributed by atoms with Crippen LogP contribution in [0.25, 0.3) is 0 Å². The highest BCUT2D eigenvalue weighted by atomic mass is 19.1. The zero-order valence-electron chi connectivity index (χ0n) is 25.7. The number of benzene rings is 2. The fourth-order valence-electron chi connectivity index (χ4n) is 5.66. The number of carbonyl (C=O) groups is 4. The molecule has 1 fully saturated rings. The van der Waals surface area contributed by atoms with E-state index in [4.69, 9.17) is 9.47 Å². The van der Waals surface area contributed by atoms with Gasteiger partial charge >= 0.3 is 24.0 Å². The van der Waals surface area contributed by atoms with Crippen LogP contribution in [0.1, 0.15) is 81.4 Å². The van der Waals surface area contributed by atoms with Gasteiger partial charge in [0, 0.05) is 35.9 Å². The number of esters is 1. The number of nitrogens with one attached hydrogen (secondary N) is 1. The first kappa shape index (κ1) is 33.4. The van der Waals surface area contributed by atoms with Crippen LogP contribution in [0, 0.1) is 11.2 Å². The number of aliphatic carboxylic acids is 2. The summed E-state index contributed by atoms with van der Waals surface area (Å²) in [6.07, 6.45) is 0.314. The molecule has 0 aromatic heterocycles. The van der Waals surface area contributed by atoms with Crippen LogP contribution in [0.2, 0.25) is 0 Å². The van der Waals surface area contributed by atoms with Crippen molar-refractivity contribution in [3.05, 3.63) is 64.5 Å². The quantitative estimate of drug-likeness (QED) is 0.262. The van der Waals surface area contributed by atoms with E-state index in [2.05, 4.69) is 5.32 Å². The highest BCUT2D eigenvalue weighted by Crippen LogP contribution is 2.49. The molecule has 2 aromatic rings. The SMILES string of the molecule is COC(=O)c1cc(C(C(=O)O)(C(=O)O)C(C)(C)C)c(NC2CCN(C(=O)OCc3ccccc3)CC2)c(C(C)(C)C)c1F. The van der Waals surface area contributed by atoms with Gasteiger partial charge in [-0.1, -0.05) is 71.9 Å². The first-order valence-electron chi connectivity index (χ1n) is 14.1. The van der Waals surface area contributed by atoms with Gasteiger partial charge in [-0.15, -0.1) is 0 Å². The standard InChI is InChI=1S/C32H41FN2O8/c1-30(2,3)23-24(33)21(26(36)42-7)17-22(32(27(37)38,28(39)40)31(4,5)6)25(23)34-20-13-15-35(16-14-20)29(41)43-18-19-11-9-8-10-12-19/h8-12,17,20,34H,13-16,18H2,1-7H3,(H,37,38)(H,39,40). The van der Waals surface area contributed by atoms with Crippen LogP contribution in [0.5, 0.6) is 0 Å². The number of hydrogen-bond acceptors (Lipinski definition) is 7. The minimum absolute atomic E-state index is 0.00230. The third-order valence-electron chi connectivity index (χ3n) is 7.90. The first-order valence-corrected chi connectivity index (χ1v) is 14.1. The minimum Gasteiger partial charge on any atom is -0.480 e. The topological polar surface area (TPSA) is 142 Å². The molecule has 11 heteroatoms. The molecule has 10 nitrogen and oxygen atoms in total. The highest BCUT2D eigenvalue weighted by Gasteiger charge is 2.59. The van der Waals surface area contributed by atoms with E-state index in [0.29, 0.717) is 25.9 Å². The summed E-state index contributed by atoms with van der Waals surface area (Å²) in [6, 6.07) is 9.89. The Morgan fingerprint density at radius 1 is 0.977 bits per heavy atom. The van der Waals surface area contributed by atoms with Gasteiger partial charge in [0.05, 0.1) is 12.7 Å². The van der Waals surface area contributed by atoms with E-state index in [1.807, 2.05) is 30.3 Å². The van der Waals surface area contributed by atoms with Crippen molar-refractivity contribution >= 4 is 29.7 Å². The van der Waals surface area contributed by atoms with Crippen LogP contribution < -0.4 is 5.32 Å². The largest absolute Gasteiger partial charge is 0.480 e. The van der Waals surface area contributed by atoms with Crippen LogP contribution >= 0.6 is 0 Å². The summed E-state index contributed by atoms with van der Waals surface area (Å²) in [4.78, 5) is 52.9. The predicted molar refractivity (Wildman–Crippen MR) is 158 cm³/mol. The van der Waals surface area contributed by atoms with Crippen molar-refractivity contribution in [3.8, 4) is 0 Å². The molecule has 1 heterocycles. The average molecular weight is 601 g/mol. The van der Waals surface area contributed by atoms with Gasteiger partial charge in [-0.2, -0.15) is 0 Å². The van der Waals surface area contributed by atoms with Gasteiger partial charge in [-0.25, -0.2) is 14.0 Å². The normalized spacial score (nSPS) is 14.7. The van der Waals surface area contributed by atoms with Crippen LogP contribution in [0.3, 0.4) is 0 Å². The van der Waals surface area contributed by atoms with E-state index in [1.54, 1.807) is 25.7 Å². The molecule has 3 rings (SSSR count). The molecule has 0 spiro atoms. The molecule has 43 heavy (non-hydrogen) atoms. The Balaban J connectivity index is 2.07. The molecule has 234 valence electrons. The first-order chi connectivity index (χ1) is 20.0. The Kier molecular flexibility index (Phi) is 9.78. The highest BCUT2D eigenvalue weighted by molar-refractivity contribution is 6.08. The third kappa shape index (κ3) is 6.60. The molecular formula is C32H41FN2O8. The molecular weight excluding hydrogens is 559 g/mol. The molecule has 1 aliphatic rings. The second-order valence-electron chi connectivity index (χ2n) is 12.8. The number of nitrogens with zero attached hydrogens (tertiary/aromatic N) is 1. The van der Waals surface area contributed by atoms with E-state index in [-0.39, 0.29) is 29.5 Å². The summed E-state index contributed by atoms with van der Waals surface area (Å²) >= 11 is 0. The number of carboxylic acids is 2. The molecule has 0 bridgehead atoms. The fraction of sp³-hybridized carbons (Fsp3) is 0.500. The van der Waals surface area contributed by atoms with E-state index in [1.165, 1.54) is 20.8 Å². The van der Waals surface area contributed by atoms with Crippen molar-refractivity contribution in [1.82, 2.24) is 4.90 Å². The number of hydrogen-bond donors (Lipinski definition) is 3. The molecule has 3 N–H and O–H groups in total. The molecule has 1 saturated heterocycles. The van der Waals surface area contributed by atoms with Gasteiger partial charge in [0.25, 0.3) is 0 Å². The van der Waals surface area contributed by atoms with Crippen LogP contribution in [0.15, 0.2) is 36.4 Å². The number of rotatable bonds is 8. The van der Waals surface area contributed by atoms with Gasteiger partial charge in [0.1, 0.15) is 12.4 Å². The van der Waals surface area contributed by atoms with Crippen molar-refractivity contribution in [1.29, 1.82) is 0 Å². The maximum Gasteiger partial charge on any atom is 0.410 e. The second kappa shape index (κ2) is 12.6. The summed E-state index contributed by atoms with van der Waals surface area (Å²) in [7, 11) is 1.06. The van der Waals surface area contributed by atoms with Gasteiger partial charge < -0.3 is 29.9 Å². The Morgan fingerprint density at radius 3 is 2.00 bits per heavy atom. The lowest BCUT2D eigenvalue weighted by Gasteiger charge is -2.42. The van der Waals surface area contributed by atoms with Crippen molar-refractivity contribution in [2.45, 2.75) is 77.9 Å². The van der Waals surface area contributed by atoms with Crippen molar-refractivity contribution in [2.75, 3.05) is 25.5 Å². The predicted octanol–water partition coefficient (Wildman–Crippen LogP) is 5.58. The number of halogens is 1.